The predicted octanol–water partition coefficient (Wildman–Crippen LogP) is 2.12. The van der Waals surface area contributed by atoms with Gasteiger partial charge in [0.25, 0.3) is 0 Å². The topological polar surface area (TPSA) is 24.5 Å². The van der Waals surface area contributed by atoms with E-state index in [9.17, 15) is 0 Å². The minimum atomic E-state index is 0.454. The lowest BCUT2D eigenvalue weighted by molar-refractivity contribution is 0.123. The van der Waals surface area contributed by atoms with E-state index in [1.807, 2.05) is 0 Å². The highest BCUT2D eigenvalue weighted by molar-refractivity contribution is 4.98. The van der Waals surface area contributed by atoms with Crippen molar-refractivity contribution in [3.63, 3.8) is 0 Å². The molecule has 0 bridgehead atoms. The minimum Gasteiger partial charge on any atom is -0.383 e. The summed E-state index contributed by atoms with van der Waals surface area (Å²) in [5.74, 6) is 0.808. The summed E-state index contributed by atoms with van der Waals surface area (Å²) >= 11 is 0. The smallest absolute Gasteiger partial charge is 0.0589 e. The van der Waals surface area contributed by atoms with Gasteiger partial charge in [0.15, 0.2) is 0 Å². The second-order valence-corrected chi connectivity index (χ2v) is 6.77. The van der Waals surface area contributed by atoms with Gasteiger partial charge in [-0.05, 0) is 44.1 Å². The number of nitrogens with zero attached hydrogens (tertiary/aromatic N) is 1. The molecule has 0 amide bonds. The molecule has 0 spiro atoms. The number of methoxy groups -OCH3 is 1. The van der Waals surface area contributed by atoms with Gasteiger partial charge in [-0.1, -0.05) is 13.8 Å². The molecule has 1 N–H and O–H groups in total. The molecule has 0 aromatic heterocycles. The molecule has 2 aliphatic carbocycles. The third-order valence-electron chi connectivity index (χ3n) is 4.90. The molecule has 0 aliphatic heterocycles. The molecule has 2 atom stereocenters. The van der Waals surface area contributed by atoms with Gasteiger partial charge in [-0.25, -0.2) is 0 Å². The normalized spacial score (nSPS) is 31.2. The highest BCUT2D eigenvalue weighted by Gasteiger charge is 2.42. The van der Waals surface area contributed by atoms with E-state index < -0.39 is 0 Å². The molecule has 2 unspecified atom stereocenters. The van der Waals surface area contributed by atoms with Gasteiger partial charge in [0.1, 0.15) is 0 Å². The van der Waals surface area contributed by atoms with Crippen molar-refractivity contribution in [3.05, 3.63) is 0 Å². The van der Waals surface area contributed by atoms with Crippen LogP contribution in [0.3, 0.4) is 0 Å². The average Bonchev–Trinajstić information content (AvgIpc) is 3.11. The first-order chi connectivity index (χ1) is 8.58. The van der Waals surface area contributed by atoms with Crippen LogP contribution in [-0.2, 0) is 4.74 Å². The molecule has 2 rings (SSSR count). The lowest BCUT2D eigenvalue weighted by atomic mass is 9.85. The molecule has 0 saturated heterocycles. The highest BCUT2D eigenvalue weighted by Crippen LogP contribution is 2.42. The Bertz CT molecular complexity index is 263. The van der Waals surface area contributed by atoms with E-state index in [2.05, 4.69) is 31.1 Å². The SMILES string of the molecule is CNC1C(CN(CCOC)C2CC2)CCC1(C)C. The van der Waals surface area contributed by atoms with Crippen LogP contribution in [0, 0.1) is 11.3 Å². The Hall–Kier alpha value is -0.120. The molecular formula is C15H30N2O. The summed E-state index contributed by atoms with van der Waals surface area (Å²) in [6.45, 7) is 8.05. The maximum Gasteiger partial charge on any atom is 0.0589 e. The van der Waals surface area contributed by atoms with Gasteiger partial charge >= 0.3 is 0 Å². The summed E-state index contributed by atoms with van der Waals surface area (Å²) in [6.07, 6.45) is 5.51. The first-order valence-corrected chi connectivity index (χ1v) is 7.48. The Morgan fingerprint density at radius 1 is 1.28 bits per heavy atom. The molecule has 2 saturated carbocycles. The Morgan fingerprint density at radius 3 is 2.56 bits per heavy atom. The van der Waals surface area contributed by atoms with Gasteiger partial charge in [0, 0.05) is 32.3 Å². The van der Waals surface area contributed by atoms with Crippen LogP contribution in [0.2, 0.25) is 0 Å². The minimum absolute atomic E-state index is 0.454. The Morgan fingerprint density at radius 2 is 2.00 bits per heavy atom. The van der Waals surface area contributed by atoms with Gasteiger partial charge in [-0.3, -0.25) is 4.90 Å². The van der Waals surface area contributed by atoms with Crippen molar-refractivity contribution >= 4 is 0 Å². The van der Waals surface area contributed by atoms with Crippen molar-refractivity contribution in [3.8, 4) is 0 Å². The van der Waals surface area contributed by atoms with Crippen LogP contribution < -0.4 is 5.32 Å². The molecule has 2 fully saturated rings. The van der Waals surface area contributed by atoms with Crippen LogP contribution in [0.25, 0.3) is 0 Å². The van der Waals surface area contributed by atoms with E-state index in [4.69, 9.17) is 4.74 Å². The third-order valence-corrected chi connectivity index (χ3v) is 4.90. The molecule has 0 heterocycles. The summed E-state index contributed by atoms with van der Waals surface area (Å²) in [5, 5.41) is 3.57. The van der Waals surface area contributed by atoms with E-state index in [0.29, 0.717) is 11.5 Å². The lowest BCUT2D eigenvalue weighted by Crippen LogP contribution is -2.45. The van der Waals surface area contributed by atoms with Crippen LogP contribution in [0.15, 0.2) is 0 Å². The predicted molar refractivity (Wildman–Crippen MR) is 75.8 cm³/mol. The van der Waals surface area contributed by atoms with Gasteiger partial charge in [0.05, 0.1) is 6.61 Å². The second kappa shape index (κ2) is 5.89. The van der Waals surface area contributed by atoms with E-state index in [1.54, 1.807) is 7.11 Å². The summed E-state index contributed by atoms with van der Waals surface area (Å²) in [5.41, 5.74) is 0.454. The van der Waals surface area contributed by atoms with Crippen molar-refractivity contribution in [2.45, 2.75) is 51.6 Å². The van der Waals surface area contributed by atoms with Gasteiger partial charge in [0.2, 0.25) is 0 Å². The zero-order valence-corrected chi connectivity index (χ0v) is 12.5. The van der Waals surface area contributed by atoms with Gasteiger partial charge in [-0.15, -0.1) is 0 Å². The van der Waals surface area contributed by atoms with E-state index >= 15 is 0 Å². The number of ether oxygens (including phenoxy) is 1. The maximum absolute atomic E-state index is 5.25. The van der Waals surface area contributed by atoms with Gasteiger partial charge in [-0.2, -0.15) is 0 Å². The van der Waals surface area contributed by atoms with E-state index in [0.717, 1.165) is 25.1 Å². The number of hydrogen-bond donors (Lipinski definition) is 1. The number of hydrogen-bond acceptors (Lipinski definition) is 3. The molecular weight excluding hydrogens is 224 g/mol. The monoisotopic (exact) mass is 254 g/mol. The third kappa shape index (κ3) is 3.25. The van der Waals surface area contributed by atoms with Crippen LogP contribution in [-0.4, -0.2) is 50.8 Å². The standard InChI is InChI=1S/C15H30N2O/c1-15(2)8-7-12(14(15)16-3)11-17(9-10-18-4)13-5-6-13/h12-14,16H,5-11H2,1-4H3. The molecule has 3 heteroatoms. The fourth-order valence-electron chi connectivity index (χ4n) is 3.71. The summed E-state index contributed by atoms with van der Waals surface area (Å²) in [7, 11) is 3.93. The Balaban J connectivity index is 1.90. The van der Waals surface area contributed by atoms with Crippen LogP contribution in [0.1, 0.15) is 39.5 Å². The molecule has 0 aromatic carbocycles. The van der Waals surface area contributed by atoms with Crippen molar-refractivity contribution in [1.82, 2.24) is 10.2 Å². The quantitative estimate of drug-likeness (QED) is 0.753. The summed E-state index contributed by atoms with van der Waals surface area (Å²) < 4.78 is 5.25. The second-order valence-electron chi connectivity index (χ2n) is 6.77. The largest absolute Gasteiger partial charge is 0.383 e. The molecule has 2 aliphatic rings. The van der Waals surface area contributed by atoms with Gasteiger partial charge < -0.3 is 10.1 Å². The number of rotatable bonds is 7. The Kier molecular flexibility index (Phi) is 4.68. The highest BCUT2D eigenvalue weighted by atomic mass is 16.5. The molecule has 0 radical (unpaired) electrons. The first-order valence-electron chi connectivity index (χ1n) is 7.48. The van der Waals surface area contributed by atoms with E-state index in [1.165, 1.54) is 32.2 Å². The fraction of sp³-hybridized carbons (Fsp3) is 1.00. The van der Waals surface area contributed by atoms with Crippen molar-refractivity contribution in [2.75, 3.05) is 33.9 Å². The summed E-state index contributed by atoms with van der Waals surface area (Å²) in [6, 6.07) is 1.52. The zero-order valence-electron chi connectivity index (χ0n) is 12.5. The first kappa shape index (κ1) is 14.3. The Labute approximate surface area is 112 Å². The summed E-state index contributed by atoms with van der Waals surface area (Å²) in [4.78, 5) is 2.67. The molecule has 0 aromatic rings. The molecule has 18 heavy (non-hydrogen) atoms. The fourth-order valence-corrected chi connectivity index (χ4v) is 3.71. The van der Waals surface area contributed by atoms with Crippen molar-refractivity contribution in [2.24, 2.45) is 11.3 Å². The average molecular weight is 254 g/mol. The van der Waals surface area contributed by atoms with Crippen molar-refractivity contribution < 1.29 is 4.74 Å². The van der Waals surface area contributed by atoms with Crippen LogP contribution in [0.4, 0.5) is 0 Å². The number of nitrogens with one attached hydrogen (secondary N) is 1. The van der Waals surface area contributed by atoms with Crippen molar-refractivity contribution in [1.29, 1.82) is 0 Å². The van der Waals surface area contributed by atoms with E-state index in [-0.39, 0.29) is 0 Å². The van der Waals surface area contributed by atoms with Crippen LogP contribution >= 0.6 is 0 Å². The molecule has 106 valence electrons. The van der Waals surface area contributed by atoms with Crippen LogP contribution in [0.5, 0.6) is 0 Å². The lowest BCUT2D eigenvalue weighted by Gasteiger charge is -2.33. The maximum atomic E-state index is 5.25. The zero-order chi connectivity index (χ0) is 13.2. The molecule has 3 nitrogen and oxygen atoms in total.